The summed E-state index contributed by atoms with van der Waals surface area (Å²) in [5, 5.41) is 14.9. The molecule has 154 valence electrons. The molecule has 0 radical (unpaired) electrons. The first-order chi connectivity index (χ1) is 14.4. The summed E-state index contributed by atoms with van der Waals surface area (Å²) >= 11 is 0. The van der Waals surface area contributed by atoms with E-state index in [4.69, 9.17) is 0 Å². The Kier molecular flexibility index (Phi) is 6.65. The highest BCUT2D eigenvalue weighted by atomic mass is 16.3. The van der Waals surface area contributed by atoms with Crippen LogP contribution in [0.2, 0.25) is 0 Å². The van der Waals surface area contributed by atoms with Crippen LogP contribution in [-0.2, 0) is 11.2 Å². The van der Waals surface area contributed by atoms with Gasteiger partial charge in [0.2, 0.25) is 5.91 Å². The topological polar surface area (TPSA) is 78.4 Å². The maximum absolute atomic E-state index is 12.5. The van der Waals surface area contributed by atoms with Crippen LogP contribution in [0.5, 0.6) is 0 Å². The van der Waals surface area contributed by atoms with E-state index in [-0.39, 0.29) is 24.8 Å². The molecule has 2 amide bonds. The first-order valence-electron chi connectivity index (χ1n) is 9.84. The number of carbonyl (C=O) groups excluding carboxylic acids is 2. The number of aliphatic hydroxyl groups is 1. The van der Waals surface area contributed by atoms with E-state index >= 15 is 0 Å². The molecule has 0 atom stereocenters. The fraction of sp³-hybridized carbons (Fsp3) is 0.200. The highest BCUT2D eigenvalue weighted by Crippen LogP contribution is 2.20. The predicted octanol–water partition coefficient (Wildman–Crippen LogP) is 4.04. The SMILES string of the molecule is CC(C)(CO)NC(=O)Cc1ccc(NC(=O)c2ccc(-c3ccccc3)cc2)cc1. The molecule has 0 fully saturated rings. The average molecular weight is 402 g/mol. The highest BCUT2D eigenvalue weighted by molar-refractivity contribution is 6.04. The van der Waals surface area contributed by atoms with Gasteiger partial charge in [0.05, 0.1) is 18.6 Å². The van der Waals surface area contributed by atoms with Crippen LogP contribution in [0.1, 0.15) is 29.8 Å². The van der Waals surface area contributed by atoms with E-state index in [1.165, 1.54) is 0 Å². The molecular weight excluding hydrogens is 376 g/mol. The van der Waals surface area contributed by atoms with Gasteiger partial charge in [-0.15, -0.1) is 0 Å². The summed E-state index contributed by atoms with van der Waals surface area (Å²) in [6, 6.07) is 24.6. The van der Waals surface area contributed by atoms with Gasteiger partial charge in [-0.2, -0.15) is 0 Å². The molecular formula is C25H26N2O3. The Balaban J connectivity index is 1.58. The third kappa shape index (κ3) is 5.78. The van der Waals surface area contributed by atoms with Crippen molar-refractivity contribution in [3.05, 3.63) is 90.0 Å². The van der Waals surface area contributed by atoms with Crippen LogP contribution >= 0.6 is 0 Å². The fourth-order valence-corrected chi connectivity index (χ4v) is 3.00. The normalized spacial score (nSPS) is 11.0. The minimum Gasteiger partial charge on any atom is -0.394 e. The summed E-state index contributed by atoms with van der Waals surface area (Å²) in [4.78, 5) is 24.6. The Hall–Kier alpha value is -3.44. The lowest BCUT2D eigenvalue weighted by Gasteiger charge is -2.23. The highest BCUT2D eigenvalue weighted by Gasteiger charge is 2.19. The van der Waals surface area contributed by atoms with Crippen molar-refractivity contribution >= 4 is 17.5 Å². The molecule has 3 rings (SSSR count). The third-order valence-corrected chi connectivity index (χ3v) is 4.70. The van der Waals surface area contributed by atoms with Crippen LogP contribution in [0.4, 0.5) is 5.69 Å². The van der Waals surface area contributed by atoms with E-state index < -0.39 is 5.54 Å². The predicted molar refractivity (Wildman–Crippen MR) is 119 cm³/mol. The number of hydrogen-bond donors (Lipinski definition) is 3. The summed E-state index contributed by atoms with van der Waals surface area (Å²) < 4.78 is 0. The minimum absolute atomic E-state index is 0.129. The number of amides is 2. The zero-order chi connectivity index (χ0) is 21.6. The first kappa shape index (κ1) is 21.3. The van der Waals surface area contributed by atoms with Crippen LogP contribution in [0.3, 0.4) is 0 Å². The van der Waals surface area contributed by atoms with Gasteiger partial charge in [-0.1, -0.05) is 54.6 Å². The quantitative estimate of drug-likeness (QED) is 0.558. The largest absolute Gasteiger partial charge is 0.394 e. The lowest BCUT2D eigenvalue weighted by atomic mass is 10.0. The molecule has 0 spiro atoms. The molecule has 5 nitrogen and oxygen atoms in total. The van der Waals surface area contributed by atoms with E-state index in [9.17, 15) is 14.7 Å². The van der Waals surface area contributed by atoms with Gasteiger partial charge in [0.15, 0.2) is 0 Å². The zero-order valence-corrected chi connectivity index (χ0v) is 17.2. The Morgan fingerprint density at radius 3 is 2.03 bits per heavy atom. The fourth-order valence-electron chi connectivity index (χ4n) is 3.00. The van der Waals surface area contributed by atoms with Crippen LogP contribution in [-0.4, -0.2) is 29.1 Å². The third-order valence-electron chi connectivity index (χ3n) is 4.70. The second-order valence-corrected chi connectivity index (χ2v) is 7.86. The number of hydrogen-bond acceptors (Lipinski definition) is 3. The number of rotatable bonds is 7. The molecule has 5 heteroatoms. The van der Waals surface area contributed by atoms with Gasteiger partial charge >= 0.3 is 0 Å². The lowest BCUT2D eigenvalue weighted by molar-refractivity contribution is -0.122. The van der Waals surface area contributed by atoms with Crippen LogP contribution < -0.4 is 10.6 Å². The van der Waals surface area contributed by atoms with Crippen molar-refractivity contribution in [2.45, 2.75) is 25.8 Å². The number of nitrogens with one attached hydrogen (secondary N) is 2. The van der Waals surface area contributed by atoms with E-state index in [2.05, 4.69) is 10.6 Å². The number of benzene rings is 3. The smallest absolute Gasteiger partial charge is 0.255 e. The first-order valence-corrected chi connectivity index (χ1v) is 9.84. The van der Waals surface area contributed by atoms with E-state index in [1.807, 2.05) is 42.5 Å². The van der Waals surface area contributed by atoms with Crippen molar-refractivity contribution in [3.8, 4) is 11.1 Å². The van der Waals surface area contributed by atoms with Crippen LogP contribution in [0.15, 0.2) is 78.9 Å². The van der Waals surface area contributed by atoms with Gasteiger partial charge in [-0.25, -0.2) is 0 Å². The number of aliphatic hydroxyl groups excluding tert-OH is 1. The van der Waals surface area contributed by atoms with Crippen LogP contribution in [0, 0.1) is 0 Å². The van der Waals surface area contributed by atoms with Gasteiger partial charge < -0.3 is 15.7 Å². The Morgan fingerprint density at radius 2 is 1.43 bits per heavy atom. The Labute approximate surface area is 176 Å². The number of anilines is 1. The molecule has 0 bridgehead atoms. The monoisotopic (exact) mass is 402 g/mol. The summed E-state index contributed by atoms with van der Waals surface area (Å²) in [6.07, 6.45) is 0.207. The summed E-state index contributed by atoms with van der Waals surface area (Å²) in [5.74, 6) is -0.353. The molecule has 30 heavy (non-hydrogen) atoms. The van der Waals surface area contributed by atoms with Crippen molar-refractivity contribution in [2.24, 2.45) is 0 Å². The summed E-state index contributed by atoms with van der Waals surface area (Å²) in [5.41, 5.74) is 3.56. The number of carbonyl (C=O) groups is 2. The van der Waals surface area contributed by atoms with Gasteiger partial charge in [-0.05, 0) is 54.8 Å². The molecule has 3 N–H and O–H groups in total. The molecule has 0 aromatic heterocycles. The van der Waals surface area contributed by atoms with Gasteiger partial charge in [0.1, 0.15) is 0 Å². The van der Waals surface area contributed by atoms with Gasteiger partial charge in [-0.3, -0.25) is 9.59 Å². The molecule has 0 saturated carbocycles. The maximum atomic E-state index is 12.5. The Bertz CT molecular complexity index is 995. The molecule has 0 aliphatic rings. The molecule has 0 heterocycles. The van der Waals surface area contributed by atoms with Crippen molar-refractivity contribution < 1.29 is 14.7 Å². The molecule has 0 saturated heterocycles. The molecule has 3 aromatic carbocycles. The average Bonchev–Trinajstić information content (AvgIpc) is 2.75. The lowest BCUT2D eigenvalue weighted by Crippen LogP contribution is -2.46. The van der Waals surface area contributed by atoms with Gasteiger partial charge in [0, 0.05) is 11.3 Å². The van der Waals surface area contributed by atoms with Crippen molar-refractivity contribution in [1.82, 2.24) is 5.32 Å². The van der Waals surface area contributed by atoms with E-state index in [0.29, 0.717) is 11.3 Å². The molecule has 0 aliphatic carbocycles. The maximum Gasteiger partial charge on any atom is 0.255 e. The second-order valence-electron chi connectivity index (χ2n) is 7.86. The van der Waals surface area contributed by atoms with Crippen molar-refractivity contribution in [1.29, 1.82) is 0 Å². The van der Waals surface area contributed by atoms with Crippen molar-refractivity contribution in [3.63, 3.8) is 0 Å². The van der Waals surface area contributed by atoms with Crippen LogP contribution in [0.25, 0.3) is 11.1 Å². The van der Waals surface area contributed by atoms with Crippen molar-refractivity contribution in [2.75, 3.05) is 11.9 Å². The molecule has 0 aliphatic heterocycles. The Morgan fingerprint density at radius 1 is 0.833 bits per heavy atom. The summed E-state index contributed by atoms with van der Waals surface area (Å²) in [7, 11) is 0. The van der Waals surface area contributed by atoms with Gasteiger partial charge in [0.25, 0.3) is 5.91 Å². The molecule has 0 unspecified atom stereocenters. The van der Waals surface area contributed by atoms with E-state index in [1.54, 1.807) is 50.2 Å². The van der Waals surface area contributed by atoms with E-state index in [0.717, 1.165) is 16.7 Å². The standard InChI is InChI=1S/C25H26N2O3/c1-25(2,17-28)27-23(29)16-18-8-14-22(15-9-18)26-24(30)21-12-10-20(11-13-21)19-6-4-3-5-7-19/h3-15,28H,16-17H2,1-2H3,(H,26,30)(H,27,29). The zero-order valence-electron chi connectivity index (χ0n) is 17.2. The summed E-state index contributed by atoms with van der Waals surface area (Å²) in [6.45, 7) is 3.39. The second kappa shape index (κ2) is 9.37. The molecule has 3 aromatic rings. The minimum atomic E-state index is -0.652.